The number of esters is 1. The van der Waals surface area contributed by atoms with Gasteiger partial charge in [0.05, 0.1) is 5.92 Å². The average Bonchev–Trinajstić information content (AvgIpc) is 2.91. The zero-order valence-corrected chi connectivity index (χ0v) is 23.6. The van der Waals surface area contributed by atoms with Gasteiger partial charge in [0.15, 0.2) is 0 Å². The summed E-state index contributed by atoms with van der Waals surface area (Å²) in [5.74, 6) is 2.57. The zero-order chi connectivity index (χ0) is 25.4. The molecule has 2 aliphatic carbocycles. The van der Waals surface area contributed by atoms with E-state index in [4.69, 9.17) is 4.74 Å². The molecule has 0 N–H and O–H groups in total. The van der Waals surface area contributed by atoms with E-state index in [9.17, 15) is 4.79 Å². The van der Waals surface area contributed by atoms with E-state index in [2.05, 4.69) is 32.1 Å². The fourth-order valence-corrected chi connectivity index (χ4v) is 6.25. The Balaban J connectivity index is 1.30. The van der Waals surface area contributed by atoms with Gasteiger partial charge in [-0.1, -0.05) is 121 Å². The van der Waals surface area contributed by atoms with Crippen LogP contribution in [-0.2, 0) is 11.2 Å². The second-order valence-electron chi connectivity index (χ2n) is 11.8. The molecule has 1 fully saturated rings. The first-order valence-corrected chi connectivity index (χ1v) is 15.7. The van der Waals surface area contributed by atoms with Crippen LogP contribution < -0.4 is 4.74 Å². The Morgan fingerprint density at radius 2 is 1.39 bits per heavy atom. The molecule has 3 rings (SSSR count). The molecule has 2 heteroatoms. The summed E-state index contributed by atoms with van der Waals surface area (Å²) in [6, 6.07) is 8.33. The Hall–Kier alpha value is -1.57. The zero-order valence-electron chi connectivity index (χ0n) is 23.6. The van der Waals surface area contributed by atoms with Crippen LogP contribution in [0.15, 0.2) is 35.9 Å². The van der Waals surface area contributed by atoms with Gasteiger partial charge in [0.25, 0.3) is 0 Å². The van der Waals surface area contributed by atoms with Crippen molar-refractivity contribution in [3.05, 3.63) is 41.5 Å². The van der Waals surface area contributed by atoms with Gasteiger partial charge in [-0.3, -0.25) is 4.79 Å². The molecule has 202 valence electrons. The van der Waals surface area contributed by atoms with E-state index in [0.29, 0.717) is 5.75 Å². The molecule has 2 aliphatic rings. The number of hydrogen-bond donors (Lipinski definition) is 0. The van der Waals surface area contributed by atoms with Gasteiger partial charge in [-0.2, -0.15) is 0 Å². The van der Waals surface area contributed by atoms with Crippen LogP contribution in [0.2, 0.25) is 0 Å². The molecule has 0 heterocycles. The highest BCUT2D eigenvalue weighted by Crippen LogP contribution is 2.34. The fourth-order valence-electron chi connectivity index (χ4n) is 6.25. The first kappa shape index (κ1) is 29.0. The minimum Gasteiger partial charge on any atom is -0.426 e. The molecule has 1 unspecified atom stereocenters. The Morgan fingerprint density at radius 3 is 2.06 bits per heavy atom. The minimum absolute atomic E-state index is 0.0232. The van der Waals surface area contributed by atoms with Gasteiger partial charge in [0, 0.05) is 0 Å². The minimum atomic E-state index is -0.0479. The van der Waals surface area contributed by atoms with Crippen molar-refractivity contribution in [1.82, 2.24) is 0 Å². The van der Waals surface area contributed by atoms with Gasteiger partial charge >= 0.3 is 5.97 Å². The molecule has 1 aromatic carbocycles. The van der Waals surface area contributed by atoms with Gasteiger partial charge in [0.2, 0.25) is 0 Å². The van der Waals surface area contributed by atoms with Crippen molar-refractivity contribution >= 4 is 5.97 Å². The van der Waals surface area contributed by atoms with Crippen LogP contribution in [0.25, 0.3) is 0 Å². The molecule has 1 atom stereocenters. The van der Waals surface area contributed by atoms with Crippen molar-refractivity contribution in [1.29, 1.82) is 0 Å². The molecule has 0 saturated heterocycles. The molecule has 1 aromatic rings. The third kappa shape index (κ3) is 10.8. The van der Waals surface area contributed by atoms with Crippen LogP contribution in [0.5, 0.6) is 5.75 Å². The SMILES string of the molecule is CCCCCCCCC1=CCC(C(=O)Oc2ccc(CCC3CCC(CCCCC)CC3)cc2)CC1. The summed E-state index contributed by atoms with van der Waals surface area (Å²) in [4.78, 5) is 12.7. The Kier molecular flexibility index (Phi) is 13.7. The molecule has 2 nitrogen and oxygen atoms in total. The van der Waals surface area contributed by atoms with Gasteiger partial charge < -0.3 is 4.74 Å². The highest BCUT2D eigenvalue weighted by Gasteiger charge is 2.24. The molecule has 36 heavy (non-hydrogen) atoms. The maximum Gasteiger partial charge on any atom is 0.314 e. The number of aryl methyl sites for hydroxylation is 1. The smallest absolute Gasteiger partial charge is 0.314 e. The maximum atomic E-state index is 12.7. The van der Waals surface area contributed by atoms with Crippen molar-refractivity contribution in [2.75, 3.05) is 0 Å². The van der Waals surface area contributed by atoms with Crippen LogP contribution >= 0.6 is 0 Å². The highest BCUT2D eigenvalue weighted by atomic mass is 16.5. The predicted molar refractivity (Wildman–Crippen MR) is 153 cm³/mol. The van der Waals surface area contributed by atoms with Crippen LogP contribution in [0.4, 0.5) is 0 Å². The van der Waals surface area contributed by atoms with Crippen LogP contribution in [-0.4, -0.2) is 5.97 Å². The predicted octanol–water partition coefficient (Wildman–Crippen LogP) is 10.4. The molecule has 0 spiro atoms. The number of hydrogen-bond acceptors (Lipinski definition) is 2. The molecule has 0 bridgehead atoms. The van der Waals surface area contributed by atoms with E-state index in [0.717, 1.165) is 37.5 Å². The van der Waals surface area contributed by atoms with E-state index in [1.807, 2.05) is 12.1 Å². The molecular formula is C34H54O2. The number of unbranched alkanes of at least 4 members (excludes halogenated alkanes) is 7. The lowest BCUT2D eigenvalue weighted by molar-refractivity contribution is -0.139. The molecule has 0 radical (unpaired) electrons. The molecule has 0 amide bonds. The van der Waals surface area contributed by atoms with Gasteiger partial charge in [-0.15, -0.1) is 0 Å². The topological polar surface area (TPSA) is 26.3 Å². The Labute approximate surface area is 222 Å². The van der Waals surface area contributed by atoms with Gasteiger partial charge in [-0.25, -0.2) is 0 Å². The van der Waals surface area contributed by atoms with Crippen LogP contribution in [0.1, 0.15) is 141 Å². The average molecular weight is 495 g/mol. The summed E-state index contributed by atoms with van der Waals surface area (Å²) < 4.78 is 5.76. The summed E-state index contributed by atoms with van der Waals surface area (Å²) in [7, 11) is 0. The molecule has 1 saturated carbocycles. The Morgan fingerprint density at radius 1 is 0.750 bits per heavy atom. The van der Waals surface area contributed by atoms with E-state index >= 15 is 0 Å². The van der Waals surface area contributed by atoms with Crippen LogP contribution in [0, 0.1) is 17.8 Å². The second-order valence-corrected chi connectivity index (χ2v) is 11.8. The number of carbonyl (C=O) groups is 1. The van der Waals surface area contributed by atoms with E-state index < -0.39 is 0 Å². The first-order chi connectivity index (χ1) is 17.7. The normalized spacial score (nSPS) is 22.3. The summed E-state index contributed by atoms with van der Waals surface area (Å²) in [6.07, 6.45) is 28.3. The van der Waals surface area contributed by atoms with Crippen molar-refractivity contribution in [3.8, 4) is 5.75 Å². The van der Waals surface area contributed by atoms with Gasteiger partial charge in [0.1, 0.15) is 5.75 Å². The summed E-state index contributed by atoms with van der Waals surface area (Å²) in [5, 5.41) is 0. The first-order valence-electron chi connectivity index (χ1n) is 15.7. The lowest BCUT2D eigenvalue weighted by Crippen LogP contribution is -2.22. The number of ether oxygens (including phenoxy) is 1. The number of allylic oxidation sites excluding steroid dienone is 2. The summed E-state index contributed by atoms with van der Waals surface area (Å²) in [6.45, 7) is 4.57. The standard InChI is InChI=1S/C34H54O2/c1-3-5-7-8-9-11-13-29-20-24-32(25-21-29)34(35)36-33-26-22-31(23-27-33)19-18-30-16-14-28(15-17-30)12-10-6-4-2/h20,22-23,26-28,30,32H,3-19,21,24-25H2,1-2H3. The number of carbonyl (C=O) groups excluding carboxylic acids is 1. The molecule has 0 aliphatic heterocycles. The molecular weight excluding hydrogens is 440 g/mol. The fraction of sp³-hybridized carbons (Fsp3) is 0.735. The van der Waals surface area contributed by atoms with Crippen molar-refractivity contribution in [2.45, 2.75) is 142 Å². The lowest BCUT2D eigenvalue weighted by Gasteiger charge is -2.28. The third-order valence-electron chi connectivity index (χ3n) is 8.86. The Bertz CT molecular complexity index is 754. The van der Waals surface area contributed by atoms with E-state index in [1.165, 1.54) is 108 Å². The van der Waals surface area contributed by atoms with E-state index in [-0.39, 0.29) is 11.9 Å². The second kappa shape index (κ2) is 17.0. The van der Waals surface area contributed by atoms with Crippen LogP contribution in [0.3, 0.4) is 0 Å². The largest absolute Gasteiger partial charge is 0.426 e. The van der Waals surface area contributed by atoms with Crippen molar-refractivity contribution in [3.63, 3.8) is 0 Å². The van der Waals surface area contributed by atoms with Crippen molar-refractivity contribution in [2.24, 2.45) is 17.8 Å². The quantitative estimate of drug-likeness (QED) is 0.0988. The number of benzene rings is 1. The number of rotatable bonds is 16. The lowest BCUT2D eigenvalue weighted by atomic mass is 9.78. The molecule has 0 aromatic heterocycles. The monoisotopic (exact) mass is 494 g/mol. The van der Waals surface area contributed by atoms with Crippen molar-refractivity contribution < 1.29 is 9.53 Å². The summed E-state index contributed by atoms with van der Waals surface area (Å²) in [5.41, 5.74) is 2.93. The van der Waals surface area contributed by atoms with E-state index in [1.54, 1.807) is 5.57 Å². The summed E-state index contributed by atoms with van der Waals surface area (Å²) >= 11 is 0. The maximum absolute atomic E-state index is 12.7. The van der Waals surface area contributed by atoms with Gasteiger partial charge in [-0.05, 0) is 74.5 Å². The highest BCUT2D eigenvalue weighted by molar-refractivity contribution is 5.75. The third-order valence-corrected chi connectivity index (χ3v) is 8.86.